The first-order chi connectivity index (χ1) is 14.2. The molecule has 3 rings (SSSR count). The van der Waals surface area contributed by atoms with E-state index in [0.29, 0.717) is 9.90 Å². The van der Waals surface area contributed by atoms with Crippen LogP contribution in [0, 0.1) is 0 Å². The number of nitrogens with zero attached hydrogens (tertiary/aromatic N) is 1. The van der Waals surface area contributed by atoms with E-state index in [2.05, 4.69) is 10.6 Å². The number of likely N-dealkylation sites (N-methyl/N-ethyl adjacent to an activating group) is 1. The Labute approximate surface area is 209 Å². The maximum absolute atomic E-state index is 12.4. The molecule has 2 aromatic rings. The molecule has 1 aliphatic heterocycles. The standard InChI is InChI=1S/C20H18ClN3O5S.Na.H/c1-24-6-5-15(25)18(19(24)28)23-20(29)22-14(9-17(26)27)16-8-12(10-30-16)11-3-2-4-13(21)7-11;;/h2-8,10,14,18H,9H2,1H3,(H,26,27)(H2,22,23,29);;. The van der Waals surface area contributed by atoms with Gasteiger partial charge in [-0.2, -0.15) is 0 Å². The van der Waals surface area contributed by atoms with E-state index in [1.807, 2.05) is 11.4 Å². The first kappa shape index (κ1) is 25.1. The van der Waals surface area contributed by atoms with Crippen LogP contribution in [0.4, 0.5) is 4.79 Å². The molecule has 0 saturated heterocycles. The molecule has 8 nitrogen and oxygen atoms in total. The van der Waals surface area contributed by atoms with E-state index >= 15 is 0 Å². The van der Waals surface area contributed by atoms with Crippen molar-refractivity contribution in [2.24, 2.45) is 0 Å². The Morgan fingerprint density at radius 2 is 2.00 bits per heavy atom. The van der Waals surface area contributed by atoms with Crippen molar-refractivity contribution in [3.8, 4) is 11.1 Å². The molecule has 0 saturated carbocycles. The normalized spacial score (nSPS) is 16.5. The number of ketones is 1. The Hall–Kier alpha value is -2.17. The van der Waals surface area contributed by atoms with Gasteiger partial charge in [0.2, 0.25) is 0 Å². The van der Waals surface area contributed by atoms with Gasteiger partial charge in [-0.25, -0.2) is 4.79 Å². The van der Waals surface area contributed by atoms with Crippen LogP contribution in [0.25, 0.3) is 11.1 Å². The van der Waals surface area contributed by atoms with Gasteiger partial charge in [0, 0.05) is 29.2 Å². The quantitative estimate of drug-likeness (QED) is 0.441. The van der Waals surface area contributed by atoms with E-state index in [4.69, 9.17) is 11.6 Å². The van der Waals surface area contributed by atoms with Crippen LogP contribution in [0.15, 0.2) is 48.0 Å². The molecule has 3 N–H and O–H groups in total. The number of carbonyl (C=O) groups excluding carboxylic acids is 3. The molecule has 1 aromatic heterocycles. The van der Waals surface area contributed by atoms with Gasteiger partial charge < -0.3 is 20.6 Å². The van der Waals surface area contributed by atoms with Crippen LogP contribution in [0.5, 0.6) is 0 Å². The third kappa shape index (κ3) is 6.41. The number of urea groups is 1. The summed E-state index contributed by atoms with van der Waals surface area (Å²) in [6.07, 6.45) is 2.14. The van der Waals surface area contributed by atoms with Gasteiger partial charge in [0.15, 0.2) is 11.8 Å². The van der Waals surface area contributed by atoms with E-state index in [1.54, 1.807) is 24.3 Å². The average Bonchev–Trinajstić information content (AvgIpc) is 3.18. The van der Waals surface area contributed by atoms with Crippen molar-refractivity contribution in [1.29, 1.82) is 0 Å². The second-order valence-corrected chi connectivity index (χ2v) is 8.00. The number of amides is 3. The van der Waals surface area contributed by atoms with Crippen molar-refractivity contribution in [3.63, 3.8) is 0 Å². The molecule has 31 heavy (non-hydrogen) atoms. The summed E-state index contributed by atoms with van der Waals surface area (Å²) in [5.41, 5.74) is 1.69. The molecule has 0 spiro atoms. The zero-order chi connectivity index (χ0) is 21.8. The topological polar surface area (TPSA) is 116 Å². The van der Waals surface area contributed by atoms with Gasteiger partial charge in [-0.1, -0.05) is 23.7 Å². The second kappa shape index (κ2) is 10.9. The van der Waals surface area contributed by atoms with Gasteiger partial charge in [-0.3, -0.25) is 14.4 Å². The van der Waals surface area contributed by atoms with Crippen molar-refractivity contribution in [2.45, 2.75) is 18.5 Å². The van der Waals surface area contributed by atoms with Crippen molar-refractivity contribution < 1.29 is 24.3 Å². The van der Waals surface area contributed by atoms with Gasteiger partial charge in [0.25, 0.3) is 5.91 Å². The number of thiophene rings is 1. The molecule has 1 aromatic carbocycles. The number of carboxylic acids is 1. The average molecular weight is 472 g/mol. The van der Waals surface area contributed by atoms with Crippen molar-refractivity contribution >= 4 is 76.2 Å². The number of hydrogen-bond acceptors (Lipinski definition) is 5. The predicted molar refractivity (Wildman–Crippen MR) is 119 cm³/mol. The monoisotopic (exact) mass is 471 g/mol. The van der Waals surface area contributed by atoms with E-state index in [-0.39, 0.29) is 36.0 Å². The Balaban J connectivity index is 0.00000341. The summed E-state index contributed by atoms with van der Waals surface area (Å²) < 4.78 is 0. The number of rotatable bonds is 6. The van der Waals surface area contributed by atoms with E-state index in [9.17, 15) is 24.3 Å². The molecular weight excluding hydrogens is 453 g/mol. The van der Waals surface area contributed by atoms with Gasteiger partial charge in [-0.05, 0) is 34.7 Å². The zero-order valence-electron chi connectivity index (χ0n) is 15.8. The fraction of sp³-hybridized carbons (Fsp3) is 0.200. The minimum absolute atomic E-state index is 0. The molecule has 2 heterocycles. The number of carboxylic acid groups (broad SMARTS) is 1. The van der Waals surface area contributed by atoms with Gasteiger partial charge >= 0.3 is 41.6 Å². The minimum atomic E-state index is -1.35. The molecule has 0 radical (unpaired) electrons. The van der Waals surface area contributed by atoms with Crippen LogP contribution in [0.2, 0.25) is 5.02 Å². The van der Waals surface area contributed by atoms with E-state index in [0.717, 1.165) is 11.1 Å². The predicted octanol–water partition coefficient (Wildman–Crippen LogP) is 2.16. The summed E-state index contributed by atoms with van der Waals surface area (Å²) in [7, 11) is 1.47. The Morgan fingerprint density at radius 1 is 1.26 bits per heavy atom. The molecule has 158 valence electrons. The number of carbonyl (C=O) groups is 4. The van der Waals surface area contributed by atoms with Gasteiger partial charge in [0.1, 0.15) is 0 Å². The first-order valence-corrected chi connectivity index (χ1v) is 10.1. The fourth-order valence-electron chi connectivity index (χ4n) is 2.90. The second-order valence-electron chi connectivity index (χ2n) is 6.62. The van der Waals surface area contributed by atoms with E-state index < -0.39 is 35.8 Å². The molecule has 2 unspecified atom stereocenters. The van der Waals surface area contributed by atoms with Gasteiger partial charge in [-0.15, -0.1) is 11.3 Å². The molecule has 0 aliphatic carbocycles. The molecule has 0 bridgehead atoms. The Bertz CT molecular complexity index is 1040. The summed E-state index contributed by atoms with van der Waals surface area (Å²) >= 11 is 7.31. The molecule has 0 fully saturated rings. The molecule has 3 amide bonds. The van der Waals surface area contributed by atoms with Crippen LogP contribution in [0.1, 0.15) is 17.3 Å². The maximum atomic E-state index is 12.4. The van der Waals surface area contributed by atoms with Crippen LogP contribution >= 0.6 is 22.9 Å². The number of nitrogens with one attached hydrogen (secondary N) is 2. The third-order valence-corrected chi connectivity index (χ3v) is 5.70. The number of benzene rings is 1. The summed E-state index contributed by atoms with van der Waals surface area (Å²) in [4.78, 5) is 49.6. The zero-order valence-corrected chi connectivity index (χ0v) is 17.4. The first-order valence-electron chi connectivity index (χ1n) is 8.86. The third-order valence-electron chi connectivity index (χ3n) is 4.42. The number of aliphatic carboxylic acids is 1. The fourth-order valence-corrected chi connectivity index (χ4v) is 4.06. The molecule has 11 heteroatoms. The number of hydrogen-bond donors (Lipinski definition) is 3. The summed E-state index contributed by atoms with van der Waals surface area (Å²) in [6, 6.07) is 5.97. The molecule has 1 aliphatic rings. The van der Waals surface area contributed by atoms with Crippen LogP contribution in [0.3, 0.4) is 0 Å². The van der Waals surface area contributed by atoms with Gasteiger partial charge in [0.05, 0.1) is 12.5 Å². The summed E-state index contributed by atoms with van der Waals surface area (Å²) in [6.45, 7) is 0. The van der Waals surface area contributed by atoms with Crippen LogP contribution < -0.4 is 10.6 Å². The molecular formula is C20H19ClN3NaO5S. The van der Waals surface area contributed by atoms with Crippen molar-refractivity contribution in [1.82, 2.24) is 15.5 Å². The van der Waals surface area contributed by atoms with Crippen LogP contribution in [-0.4, -0.2) is 76.3 Å². The Morgan fingerprint density at radius 3 is 2.68 bits per heavy atom. The van der Waals surface area contributed by atoms with Crippen molar-refractivity contribution in [2.75, 3.05) is 7.05 Å². The number of halogens is 1. The molecule has 2 atom stereocenters. The summed E-state index contributed by atoms with van der Waals surface area (Å²) in [5, 5.41) is 16.5. The summed E-state index contributed by atoms with van der Waals surface area (Å²) in [5.74, 6) is -2.24. The van der Waals surface area contributed by atoms with E-state index in [1.165, 1.54) is 35.6 Å². The Kier molecular flexibility index (Phi) is 8.84. The van der Waals surface area contributed by atoms with Crippen molar-refractivity contribution in [3.05, 3.63) is 57.9 Å². The SMILES string of the molecule is CN1C=CC(=O)C(NC(=O)NC(CC(=O)O)c2cc(-c3cccc(Cl)c3)cs2)C1=O.[NaH]. The van der Waals surface area contributed by atoms with Crippen LogP contribution in [-0.2, 0) is 14.4 Å².